The molecule has 0 aromatic heterocycles. The number of para-hydroxylation sites is 1. The number of carboxylic acids is 1. The van der Waals surface area contributed by atoms with Crippen molar-refractivity contribution in [2.75, 3.05) is 0 Å². The number of carbonyl (C=O) groups is 1. The van der Waals surface area contributed by atoms with Crippen molar-refractivity contribution in [3.63, 3.8) is 0 Å². The number of phenolic OH excluding ortho intramolecular Hbond substituents is 6. The number of rotatable bonds is 1. The number of aromatic carboxylic acids is 1. The Morgan fingerprint density at radius 1 is 0.853 bits per heavy atom. The summed E-state index contributed by atoms with van der Waals surface area (Å²) in [6.45, 7) is 5.33. The number of phenols is 6. The lowest BCUT2D eigenvalue weighted by Crippen LogP contribution is -2.18. The van der Waals surface area contributed by atoms with E-state index >= 15 is 0 Å². The van der Waals surface area contributed by atoms with E-state index in [1.54, 1.807) is 19.9 Å². The summed E-state index contributed by atoms with van der Waals surface area (Å²) in [5, 5.41) is 62.7. The predicted octanol–water partition coefficient (Wildman–Crippen LogP) is 4.32. The Morgan fingerprint density at radius 3 is 1.91 bits per heavy atom. The van der Waals surface area contributed by atoms with Gasteiger partial charge in [-0.3, -0.25) is 0 Å². The molecule has 1 unspecified atom stereocenters. The number of fused-ring (bicyclic) bond motifs is 1. The molecule has 0 saturated heterocycles. The van der Waals surface area contributed by atoms with Crippen LogP contribution >= 0.6 is 0 Å². The van der Waals surface area contributed by atoms with Crippen LogP contribution in [0.15, 0.2) is 42.5 Å². The van der Waals surface area contributed by atoms with Gasteiger partial charge < -0.3 is 40.5 Å². The highest BCUT2D eigenvalue weighted by Gasteiger charge is 2.19. The molecule has 0 radical (unpaired) electrons. The molecule has 0 amide bonds. The second kappa shape index (κ2) is 11.0. The van der Waals surface area contributed by atoms with Crippen LogP contribution in [-0.2, 0) is 6.42 Å². The average molecular weight is 472 g/mol. The molecule has 182 valence electrons. The third kappa shape index (κ3) is 6.61. The average Bonchev–Trinajstić information content (AvgIpc) is 2.75. The Balaban J connectivity index is 0.000000183. The minimum Gasteiger partial charge on any atom is -0.508 e. The van der Waals surface area contributed by atoms with E-state index in [0.717, 1.165) is 18.4 Å². The molecule has 0 spiro atoms. The molecule has 0 saturated carbocycles. The Bertz CT molecular complexity index is 1130. The molecule has 0 fully saturated rings. The summed E-state index contributed by atoms with van der Waals surface area (Å²) in [4.78, 5) is 10.5. The van der Waals surface area contributed by atoms with Crippen molar-refractivity contribution in [1.82, 2.24) is 0 Å². The van der Waals surface area contributed by atoms with Gasteiger partial charge in [0.25, 0.3) is 0 Å². The maximum Gasteiger partial charge on any atom is 0.335 e. The molecular weight excluding hydrogens is 444 g/mol. The van der Waals surface area contributed by atoms with Gasteiger partial charge in [0.1, 0.15) is 23.0 Å². The van der Waals surface area contributed by atoms with Gasteiger partial charge in [0.05, 0.1) is 11.7 Å². The summed E-state index contributed by atoms with van der Waals surface area (Å²) in [5.74, 6) is -1.12. The lowest BCUT2D eigenvalue weighted by Gasteiger charge is -2.23. The normalized spacial score (nSPS) is 13.8. The quantitative estimate of drug-likeness (QED) is 0.255. The lowest BCUT2D eigenvalue weighted by atomic mass is 10.0. The van der Waals surface area contributed by atoms with Gasteiger partial charge in [-0.05, 0) is 69.0 Å². The first-order valence-corrected chi connectivity index (χ1v) is 10.4. The maximum absolute atomic E-state index is 10.5. The highest BCUT2D eigenvalue weighted by atomic mass is 16.5. The van der Waals surface area contributed by atoms with Crippen LogP contribution in [-0.4, -0.2) is 47.8 Å². The summed E-state index contributed by atoms with van der Waals surface area (Å²) < 4.78 is 5.47. The molecule has 3 aromatic rings. The molecule has 1 aliphatic heterocycles. The number of benzene rings is 3. The molecule has 9 heteroatoms. The molecule has 0 bridgehead atoms. The first-order chi connectivity index (χ1) is 15.9. The number of hydrogen-bond donors (Lipinski definition) is 7. The third-order valence-electron chi connectivity index (χ3n) is 5.03. The van der Waals surface area contributed by atoms with Crippen LogP contribution in [0.5, 0.6) is 40.2 Å². The summed E-state index contributed by atoms with van der Waals surface area (Å²) in [7, 11) is 0. The van der Waals surface area contributed by atoms with Gasteiger partial charge in [0, 0.05) is 17.7 Å². The zero-order valence-corrected chi connectivity index (χ0v) is 19.0. The Morgan fingerprint density at radius 2 is 1.41 bits per heavy atom. The van der Waals surface area contributed by atoms with Crippen LogP contribution < -0.4 is 4.74 Å². The highest BCUT2D eigenvalue weighted by molar-refractivity contribution is 5.88. The smallest absolute Gasteiger partial charge is 0.335 e. The topological polar surface area (TPSA) is 168 Å². The van der Waals surface area contributed by atoms with Crippen LogP contribution in [0.4, 0.5) is 0 Å². The lowest BCUT2D eigenvalue weighted by molar-refractivity contribution is 0.0696. The molecule has 1 aliphatic rings. The number of ether oxygens (including phenoxy) is 1. The maximum atomic E-state index is 10.5. The number of carboxylic acid groups (broad SMARTS) is 1. The van der Waals surface area contributed by atoms with E-state index in [-0.39, 0.29) is 40.4 Å². The van der Waals surface area contributed by atoms with Crippen LogP contribution in [0.2, 0.25) is 0 Å². The van der Waals surface area contributed by atoms with Crippen molar-refractivity contribution >= 4 is 5.97 Å². The monoisotopic (exact) mass is 472 g/mol. The zero-order valence-electron chi connectivity index (χ0n) is 19.0. The minimum atomic E-state index is -0.971. The fraction of sp³-hybridized carbons (Fsp3) is 0.240. The van der Waals surface area contributed by atoms with Crippen LogP contribution in [0.25, 0.3) is 0 Å². The van der Waals surface area contributed by atoms with Gasteiger partial charge in [-0.15, -0.1) is 0 Å². The Labute approximate surface area is 196 Å². The van der Waals surface area contributed by atoms with E-state index < -0.39 is 11.7 Å². The Kier molecular flexibility index (Phi) is 8.44. The fourth-order valence-corrected chi connectivity index (χ4v) is 3.20. The van der Waals surface area contributed by atoms with Crippen molar-refractivity contribution in [1.29, 1.82) is 0 Å². The van der Waals surface area contributed by atoms with Crippen LogP contribution in [0.3, 0.4) is 0 Å². The van der Waals surface area contributed by atoms with Gasteiger partial charge in [-0.1, -0.05) is 6.07 Å². The van der Waals surface area contributed by atoms with Gasteiger partial charge in [0.15, 0.2) is 17.2 Å². The third-order valence-corrected chi connectivity index (χ3v) is 5.03. The second-order valence-electron chi connectivity index (χ2n) is 7.82. The molecule has 1 atom stereocenters. The molecule has 7 N–H and O–H groups in total. The van der Waals surface area contributed by atoms with Gasteiger partial charge in [-0.25, -0.2) is 4.79 Å². The van der Waals surface area contributed by atoms with Gasteiger partial charge in [0.2, 0.25) is 0 Å². The van der Waals surface area contributed by atoms with Gasteiger partial charge in [-0.2, -0.15) is 0 Å². The van der Waals surface area contributed by atoms with Crippen molar-refractivity contribution in [3.05, 3.63) is 64.7 Å². The first-order valence-electron chi connectivity index (χ1n) is 10.4. The molecule has 9 nitrogen and oxygen atoms in total. The minimum absolute atomic E-state index is 0.0466. The number of hydrogen-bond acceptors (Lipinski definition) is 8. The molecular formula is C25H28O9. The summed E-state index contributed by atoms with van der Waals surface area (Å²) in [6.07, 6.45) is 1.88. The molecule has 0 aliphatic carbocycles. The number of aromatic hydroxyl groups is 6. The molecule has 3 aromatic carbocycles. The largest absolute Gasteiger partial charge is 0.508 e. The molecule has 1 heterocycles. The Hall–Kier alpha value is -4.27. The first kappa shape index (κ1) is 26.0. The summed E-state index contributed by atoms with van der Waals surface area (Å²) in [5.41, 5.74) is 2.19. The number of aryl methyl sites for hydroxylation is 2. The predicted molar refractivity (Wildman–Crippen MR) is 124 cm³/mol. The SMILES string of the molecule is CC1CCc2c(O)cc(O)cc2O1.Cc1cc(C(=O)O)cc(C)c1O.Oc1cccc(O)c1O. The van der Waals surface area contributed by atoms with Crippen molar-refractivity contribution in [2.24, 2.45) is 0 Å². The summed E-state index contributed by atoms with van der Waals surface area (Å²) in [6, 6.07) is 9.80. The standard InChI is InChI=1S/C10H12O3.C9H10O3.C6H6O3/c1-6-2-3-8-9(12)4-7(11)5-10(8)13-6;1-5-3-7(9(11)12)4-6(2)8(5)10;7-4-2-1-3-5(8)6(4)9/h4-6,11-12H,2-3H2,1H3;3-4,10H,1-2H3,(H,11,12);1-3,7-9H. The van der Waals surface area contributed by atoms with Crippen LogP contribution in [0, 0.1) is 13.8 Å². The van der Waals surface area contributed by atoms with E-state index in [2.05, 4.69) is 0 Å². The fourth-order valence-electron chi connectivity index (χ4n) is 3.20. The van der Waals surface area contributed by atoms with Gasteiger partial charge >= 0.3 is 5.97 Å². The van der Waals surface area contributed by atoms with E-state index in [4.69, 9.17) is 25.2 Å². The van der Waals surface area contributed by atoms with Crippen molar-refractivity contribution < 1.29 is 45.3 Å². The van der Waals surface area contributed by atoms with E-state index in [1.165, 1.54) is 36.4 Å². The van der Waals surface area contributed by atoms with E-state index in [1.807, 2.05) is 6.92 Å². The summed E-state index contributed by atoms with van der Waals surface area (Å²) >= 11 is 0. The van der Waals surface area contributed by atoms with E-state index in [9.17, 15) is 20.1 Å². The van der Waals surface area contributed by atoms with Crippen molar-refractivity contribution in [2.45, 2.75) is 39.7 Å². The van der Waals surface area contributed by atoms with Crippen LogP contribution in [0.1, 0.15) is 40.4 Å². The second-order valence-corrected chi connectivity index (χ2v) is 7.82. The van der Waals surface area contributed by atoms with Crippen molar-refractivity contribution in [3.8, 4) is 40.2 Å². The van der Waals surface area contributed by atoms with E-state index in [0.29, 0.717) is 16.9 Å². The highest BCUT2D eigenvalue weighted by Crippen LogP contribution is 2.37. The zero-order chi connectivity index (χ0) is 25.6. The molecule has 34 heavy (non-hydrogen) atoms. The molecule has 4 rings (SSSR count).